The molecular weight excluding hydrogens is 249 g/mol. The van der Waals surface area contributed by atoms with E-state index in [0.717, 1.165) is 6.07 Å². The summed E-state index contributed by atoms with van der Waals surface area (Å²) in [4.78, 5) is 10.4. The SMILES string of the molecule is O=C(O)CCc1cc2cccc(C(F)(F)F)c2o1. The zero-order valence-corrected chi connectivity index (χ0v) is 9.12. The predicted molar refractivity (Wildman–Crippen MR) is 57.2 cm³/mol. The molecule has 1 aromatic carbocycles. The summed E-state index contributed by atoms with van der Waals surface area (Å²) in [5.74, 6) is -0.782. The molecule has 3 nitrogen and oxygen atoms in total. The van der Waals surface area contributed by atoms with E-state index in [1.54, 1.807) is 0 Å². The van der Waals surface area contributed by atoms with Gasteiger partial charge in [0.1, 0.15) is 11.3 Å². The molecule has 0 amide bonds. The summed E-state index contributed by atoms with van der Waals surface area (Å²) in [6.45, 7) is 0. The zero-order valence-electron chi connectivity index (χ0n) is 9.12. The number of benzene rings is 1. The van der Waals surface area contributed by atoms with Crippen molar-refractivity contribution in [1.29, 1.82) is 0 Å². The molecule has 18 heavy (non-hydrogen) atoms. The maximum absolute atomic E-state index is 12.7. The van der Waals surface area contributed by atoms with Crippen LogP contribution in [0.15, 0.2) is 28.7 Å². The summed E-state index contributed by atoms with van der Waals surface area (Å²) in [6, 6.07) is 5.17. The Labute approximate surface area is 99.8 Å². The first-order chi connectivity index (χ1) is 8.38. The number of carboxylic acid groups (broad SMARTS) is 1. The lowest BCUT2D eigenvalue weighted by atomic mass is 10.1. The molecule has 2 aromatic rings. The van der Waals surface area contributed by atoms with Crippen LogP contribution < -0.4 is 0 Å². The molecular formula is C12H9F3O3. The molecule has 0 radical (unpaired) electrons. The first-order valence-corrected chi connectivity index (χ1v) is 5.18. The summed E-state index contributed by atoms with van der Waals surface area (Å²) in [5.41, 5.74) is -1.09. The van der Waals surface area contributed by atoms with Crippen LogP contribution in [0, 0.1) is 0 Å². The van der Waals surface area contributed by atoms with Crippen molar-refractivity contribution in [3.63, 3.8) is 0 Å². The van der Waals surface area contributed by atoms with Crippen LogP contribution in [0.5, 0.6) is 0 Å². The summed E-state index contributed by atoms with van der Waals surface area (Å²) < 4.78 is 43.2. The highest BCUT2D eigenvalue weighted by Crippen LogP contribution is 2.36. The zero-order chi connectivity index (χ0) is 13.3. The Bertz CT molecular complexity index is 584. The van der Waals surface area contributed by atoms with Crippen LogP contribution in [-0.4, -0.2) is 11.1 Å². The molecule has 2 rings (SSSR count). The van der Waals surface area contributed by atoms with Gasteiger partial charge in [-0.25, -0.2) is 0 Å². The fraction of sp³-hybridized carbons (Fsp3) is 0.250. The molecule has 6 heteroatoms. The molecule has 96 valence electrons. The number of carboxylic acids is 1. The molecule has 0 aliphatic rings. The van der Waals surface area contributed by atoms with Gasteiger partial charge in [-0.3, -0.25) is 4.79 Å². The van der Waals surface area contributed by atoms with Crippen molar-refractivity contribution in [3.8, 4) is 0 Å². The molecule has 1 N–H and O–H groups in total. The van der Waals surface area contributed by atoms with Gasteiger partial charge in [-0.2, -0.15) is 13.2 Å². The molecule has 1 aromatic heterocycles. The fourth-order valence-corrected chi connectivity index (χ4v) is 1.69. The largest absolute Gasteiger partial charge is 0.481 e. The van der Waals surface area contributed by atoms with E-state index in [1.165, 1.54) is 18.2 Å². The lowest BCUT2D eigenvalue weighted by molar-refractivity contribution is -0.138. The minimum atomic E-state index is -4.48. The number of rotatable bonds is 3. The number of hydrogen-bond donors (Lipinski definition) is 1. The third-order valence-corrected chi connectivity index (χ3v) is 2.49. The lowest BCUT2D eigenvalue weighted by Gasteiger charge is -2.06. The maximum atomic E-state index is 12.7. The van der Waals surface area contributed by atoms with Gasteiger partial charge in [0.05, 0.1) is 12.0 Å². The van der Waals surface area contributed by atoms with Gasteiger partial charge in [0.2, 0.25) is 0 Å². The van der Waals surface area contributed by atoms with Gasteiger partial charge in [0.15, 0.2) is 0 Å². The minimum Gasteiger partial charge on any atom is -0.481 e. The first-order valence-electron chi connectivity index (χ1n) is 5.18. The van der Waals surface area contributed by atoms with Gasteiger partial charge in [-0.05, 0) is 12.1 Å². The summed E-state index contributed by atoms with van der Waals surface area (Å²) in [6.07, 6.45) is -4.59. The second-order valence-corrected chi connectivity index (χ2v) is 3.83. The molecule has 0 saturated heterocycles. The van der Waals surface area contributed by atoms with Crippen LogP contribution >= 0.6 is 0 Å². The van der Waals surface area contributed by atoms with E-state index >= 15 is 0 Å². The van der Waals surface area contributed by atoms with Crippen molar-refractivity contribution in [2.45, 2.75) is 19.0 Å². The Kier molecular flexibility index (Phi) is 3.02. The van der Waals surface area contributed by atoms with Gasteiger partial charge in [0.25, 0.3) is 0 Å². The van der Waals surface area contributed by atoms with Crippen LogP contribution in [0.25, 0.3) is 11.0 Å². The Morgan fingerprint density at radius 2 is 2.06 bits per heavy atom. The van der Waals surface area contributed by atoms with Crippen molar-refractivity contribution in [1.82, 2.24) is 0 Å². The van der Waals surface area contributed by atoms with Gasteiger partial charge in [-0.1, -0.05) is 12.1 Å². The second-order valence-electron chi connectivity index (χ2n) is 3.83. The monoisotopic (exact) mass is 258 g/mol. The topological polar surface area (TPSA) is 50.4 Å². The Balaban J connectivity index is 2.42. The molecule has 0 fully saturated rings. The van der Waals surface area contributed by atoms with Crippen molar-refractivity contribution < 1.29 is 27.5 Å². The van der Waals surface area contributed by atoms with Crippen LogP contribution in [0.3, 0.4) is 0 Å². The van der Waals surface area contributed by atoms with E-state index in [-0.39, 0.29) is 24.2 Å². The average Bonchev–Trinajstić information content (AvgIpc) is 2.66. The fourth-order valence-electron chi connectivity index (χ4n) is 1.69. The third-order valence-electron chi connectivity index (χ3n) is 2.49. The molecule has 0 unspecified atom stereocenters. The summed E-state index contributed by atoms with van der Waals surface area (Å²) in [7, 11) is 0. The number of aliphatic carboxylic acids is 1. The molecule has 0 aliphatic carbocycles. The van der Waals surface area contributed by atoms with Gasteiger partial charge >= 0.3 is 12.1 Å². The van der Waals surface area contributed by atoms with Gasteiger partial charge < -0.3 is 9.52 Å². The van der Waals surface area contributed by atoms with E-state index in [9.17, 15) is 18.0 Å². The molecule has 0 bridgehead atoms. The normalized spacial score (nSPS) is 11.9. The van der Waals surface area contributed by atoms with Crippen LogP contribution in [0.2, 0.25) is 0 Å². The van der Waals surface area contributed by atoms with Gasteiger partial charge in [-0.15, -0.1) is 0 Å². The number of carbonyl (C=O) groups is 1. The van der Waals surface area contributed by atoms with Crippen molar-refractivity contribution >= 4 is 16.9 Å². The average molecular weight is 258 g/mol. The molecule has 0 aliphatic heterocycles. The number of furan rings is 1. The van der Waals surface area contributed by atoms with Crippen LogP contribution in [-0.2, 0) is 17.4 Å². The number of hydrogen-bond acceptors (Lipinski definition) is 2. The van der Waals surface area contributed by atoms with Crippen LogP contribution in [0.1, 0.15) is 17.7 Å². The number of fused-ring (bicyclic) bond motifs is 1. The van der Waals surface area contributed by atoms with E-state index in [2.05, 4.69) is 0 Å². The van der Waals surface area contributed by atoms with E-state index in [1.807, 2.05) is 0 Å². The lowest BCUT2D eigenvalue weighted by Crippen LogP contribution is -2.04. The minimum absolute atomic E-state index is 0.0707. The quantitative estimate of drug-likeness (QED) is 0.917. The smallest absolute Gasteiger partial charge is 0.420 e. The summed E-state index contributed by atoms with van der Waals surface area (Å²) in [5, 5.41) is 8.84. The molecule has 0 saturated carbocycles. The van der Waals surface area contributed by atoms with Gasteiger partial charge in [0, 0.05) is 11.8 Å². The van der Waals surface area contributed by atoms with E-state index in [4.69, 9.17) is 9.52 Å². The molecule has 0 spiro atoms. The standard InChI is InChI=1S/C12H9F3O3/c13-12(14,15)9-3-1-2-7-6-8(18-11(7)9)4-5-10(16)17/h1-3,6H,4-5H2,(H,16,17). The Hall–Kier alpha value is -1.98. The third kappa shape index (κ3) is 2.47. The number of para-hydroxylation sites is 1. The van der Waals surface area contributed by atoms with Crippen molar-refractivity contribution in [2.75, 3.05) is 0 Å². The predicted octanol–water partition coefficient (Wildman–Crippen LogP) is 3.47. The molecule has 0 atom stereocenters. The van der Waals surface area contributed by atoms with E-state index < -0.39 is 17.7 Å². The van der Waals surface area contributed by atoms with Crippen LogP contribution in [0.4, 0.5) is 13.2 Å². The highest BCUT2D eigenvalue weighted by atomic mass is 19.4. The second kappa shape index (κ2) is 4.36. The maximum Gasteiger partial charge on any atom is 0.420 e. The highest BCUT2D eigenvalue weighted by Gasteiger charge is 2.34. The summed E-state index contributed by atoms with van der Waals surface area (Å²) >= 11 is 0. The molecule has 1 heterocycles. The van der Waals surface area contributed by atoms with Crippen molar-refractivity contribution in [2.24, 2.45) is 0 Å². The Morgan fingerprint density at radius 3 is 2.67 bits per heavy atom. The van der Waals surface area contributed by atoms with E-state index in [0.29, 0.717) is 5.39 Å². The first kappa shape index (κ1) is 12.5. The number of aryl methyl sites for hydroxylation is 1. The van der Waals surface area contributed by atoms with Crippen molar-refractivity contribution in [3.05, 3.63) is 35.6 Å². The highest BCUT2D eigenvalue weighted by molar-refractivity contribution is 5.81. The Morgan fingerprint density at radius 1 is 1.33 bits per heavy atom. The number of alkyl halides is 3. The number of halogens is 3.